The third-order valence-electron chi connectivity index (χ3n) is 3.63. The molecule has 0 aliphatic carbocycles. The van der Waals surface area contributed by atoms with Crippen molar-refractivity contribution in [3.05, 3.63) is 72.8 Å². The molecule has 0 amide bonds. The highest BCUT2D eigenvalue weighted by Crippen LogP contribution is 2.32. The van der Waals surface area contributed by atoms with E-state index in [-0.39, 0.29) is 0 Å². The lowest BCUT2D eigenvalue weighted by atomic mass is 10.0. The zero-order valence-corrected chi connectivity index (χ0v) is 10.4. The van der Waals surface area contributed by atoms with E-state index in [4.69, 9.17) is 0 Å². The van der Waals surface area contributed by atoms with Crippen molar-refractivity contribution in [2.75, 3.05) is 0 Å². The summed E-state index contributed by atoms with van der Waals surface area (Å²) in [4.78, 5) is 3.55. The molecule has 0 aliphatic heterocycles. The van der Waals surface area contributed by atoms with E-state index in [2.05, 4.69) is 77.8 Å². The highest BCUT2D eigenvalue weighted by atomic mass is 14.7. The largest absolute Gasteiger partial charge is 0.354 e. The maximum Gasteiger partial charge on any atom is 0.0544 e. The Morgan fingerprint density at radius 1 is 0.579 bits per heavy atom. The highest BCUT2D eigenvalue weighted by Gasteiger charge is 2.08. The first-order valence-electron chi connectivity index (χ1n) is 6.48. The lowest BCUT2D eigenvalue weighted by Gasteiger charge is -2.03. The van der Waals surface area contributed by atoms with E-state index < -0.39 is 0 Å². The van der Waals surface area contributed by atoms with Crippen molar-refractivity contribution in [2.24, 2.45) is 0 Å². The number of benzene rings is 3. The predicted octanol–water partition coefficient (Wildman–Crippen LogP) is 4.99. The number of nitrogens with one attached hydrogen (secondary N) is 1. The van der Waals surface area contributed by atoms with Crippen LogP contribution in [0.4, 0.5) is 0 Å². The molecule has 19 heavy (non-hydrogen) atoms. The summed E-state index contributed by atoms with van der Waals surface area (Å²) in [5.74, 6) is 0. The molecular weight excluding hydrogens is 230 g/mol. The number of para-hydroxylation sites is 2. The van der Waals surface area contributed by atoms with Gasteiger partial charge in [0.15, 0.2) is 0 Å². The minimum Gasteiger partial charge on any atom is -0.354 e. The van der Waals surface area contributed by atoms with Gasteiger partial charge in [-0.1, -0.05) is 66.7 Å². The van der Waals surface area contributed by atoms with Crippen LogP contribution in [-0.4, -0.2) is 4.98 Å². The average Bonchev–Trinajstić information content (AvgIpc) is 2.87. The first-order valence-corrected chi connectivity index (χ1v) is 6.48. The molecule has 3 aromatic carbocycles. The number of fused-ring (bicyclic) bond motifs is 3. The molecule has 4 rings (SSSR count). The first-order chi connectivity index (χ1) is 9.43. The maximum atomic E-state index is 3.55. The molecule has 0 radical (unpaired) electrons. The zero-order chi connectivity index (χ0) is 12.7. The smallest absolute Gasteiger partial charge is 0.0544 e. The van der Waals surface area contributed by atoms with Crippen LogP contribution in [-0.2, 0) is 0 Å². The second-order valence-corrected chi connectivity index (χ2v) is 4.76. The van der Waals surface area contributed by atoms with Gasteiger partial charge in [-0.2, -0.15) is 0 Å². The number of H-pyrrole nitrogens is 1. The Morgan fingerprint density at radius 2 is 1.32 bits per heavy atom. The summed E-state index contributed by atoms with van der Waals surface area (Å²) in [7, 11) is 0. The Kier molecular flexibility index (Phi) is 2.18. The van der Waals surface area contributed by atoms with Crippen molar-refractivity contribution in [3.63, 3.8) is 0 Å². The van der Waals surface area contributed by atoms with Gasteiger partial charge in [-0.05, 0) is 11.6 Å². The van der Waals surface area contributed by atoms with E-state index in [9.17, 15) is 0 Å². The fourth-order valence-electron chi connectivity index (χ4n) is 2.73. The summed E-state index contributed by atoms with van der Waals surface area (Å²) >= 11 is 0. The van der Waals surface area contributed by atoms with Gasteiger partial charge in [-0.3, -0.25) is 0 Å². The summed E-state index contributed by atoms with van der Waals surface area (Å²) in [6.45, 7) is 0. The average molecular weight is 243 g/mol. The molecule has 1 nitrogen and oxygen atoms in total. The number of hydrogen-bond acceptors (Lipinski definition) is 0. The summed E-state index contributed by atoms with van der Waals surface area (Å²) in [6.07, 6.45) is 0. The number of aromatic amines is 1. The van der Waals surface area contributed by atoms with E-state index >= 15 is 0 Å². The molecule has 1 heteroatoms. The van der Waals surface area contributed by atoms with Gasteiger partial charge < -0.3 is 4.98 Å². The fraction of sp³-hybridized carbons (Fsp3) is 0. The molecule has 4 aromatic rings. The van der Waals surface area contributed by atoms with E-state index in [1.807, 2.05) is 0 Å². The lowest BCUT2D eigenvalue weighted by Crippen LogP contribution is -1.79. The van der Waals surface area contributed by atoms with Crippen LogP contribution >= 0.6 is 0 Å². The Hall–Kier alpha value is -2.54. The SMILES string of the molecule is c1ccc(-c2cccc3c2[nH]c2ccccc23)cc1. The first kappa shape index (κ1) is 10.4. The third-order valence-corrected chi connectivity index (χ3v) is 3.63. The zero-order valence-electron chi connectivity index (χ0n) is 10.4. The van der Waals surface area contributed by atoms with Crippen molar-refractivity contribution >= 4 is 21.8 Å². The normalized spacial score (nSPS) is 11.2. The second kappa shape index (κ2) is 3.99. The molecule has 0 unspecified atom stereocenters. The minimum atomic E-state index is 1.20. The molecule has 0 spiro atoms. The van der Waals surface area contributed by atoms with Crippen LogP contribution in [0, 0.1) is 0 Å². The molecule has 90 valence electrons. The van der Waals surface area contributed by atoms with E-state index in [1.165, 1.54) is 32.9 Å². The Balaban J connectivity index is 2.13. The molecule has 0 fully saturated rings. The Morgan fingerprint density at radius 3 is 2.21 bits per heavy atom. The highest BCUT2D eigenvalue weighted by molar-refractivity contribution is 6.11. The molecule has 1 aromatic heterocycles. The summed E-state index contributed by atoms with van der Waals surface area (Å²) in [5, 5.41) is 2.58. The van der Waals surface area contributed by atoms with Crippen molar-refractivity contribution in [3.8, 4) is 11.1 Å². The van der Waals surface area contributed by atoms with Gasteiger partial charge in [0.2, 0.25) is 0 Å². The molecule has 1 heterocycles. The third kappa shape index (κ3) is 1.55. The standard InChI is InChI=1S/C18H13N/c1-2-7-13(8-3-1)14-10-6-11-16-15-9-4-5-12-17(15)19-18(14)16/h1-12,19H. The van der Waals surface area contributed by atoms with Crippen LogP contribution in [0.15, 0.2) is 72.8 Å². The topological polar surface area (TPSA) is 15.8 Å². The van der Waals surface area contributed by atoms with Gasteiger partial charge in [0.1, 0.15) is 0 Å². The van der Waals surface area contributed by atoms with Crippen LogP contribution in [0.1, 0.15) is 0 Å². The maximum absolute atomic E-state index is 3.55. The molecule has 1 N–H and O–H groups in total. The molecule has 0 bridgehead atoms. The minimum absolute atomic E-state index is 1.20. The number of hydrogen-bond donors (Lipinski definition) is 1. The van der Waals surface area contributed by atoms with Crippen molar-refractivity contribution in [1.82, 2.24) is 4.98 Å². The summed E-state index contributed by atoms with van der Waals surface area (Å²) in [6, 6.07) is 25.5. The van der Waals surface area contributed by atoms with Gasteiger partial charge in [0.05, 0.1) is 5.52 Å². The van der Waals surface area contributed by atoms with E-state index in [0.29, 0.717) is 0 Å². The van der Waals surface area contributed by atoms with Gasteiger partial charge in [-0.15, -0.1) is 0 Å². The molecule has 0 atom stereocenters. The van der Waals surface area contributed by atoms with Crippen LogP contribution in [0.25, 0.3) is 32.9 Å². The molecule has 0 saturated carbocycles. The molecule has 0 saturated heterocycles. The van der Waals surface area contributed by atoms with E-state index in [1.54, 1.807) is 0 Å². The Labute approximate surface area is 111 Å². The quantitative estimate of drug-likeness (QED) is 0.485. The fourth-order valence-corrected chi connectivity index (χ4v) is 2.73. The number of aromatic nitrogens is 1. The van der Waals surface area contributed by atoms with Crippen molar-refractivity contribution < 1.29 is 0 Å². The number of rotatable bonds is 1. The van der Waals surface area contributed by atoms with Gasteiger partial charge >= 0.3 is 0 Å². The lowest BCUT2D eigenvalue weighted by molar-refractivity contribution is 1.53. The summed E-state index contributed by atoms with van der Waals surface area (Å²) in [5.41, 5.74) is 4.92. The summed E-state index contributed by atoms with van der Waals surface area (Å²) < 4.78 is 0. The van der Waals surface area contributed by atoms with Crippen LogP contribution < -0.4 is 0 Å². The van der Waals surface area contributed by atoms with Crippen molar-refractivity contribution in [2.45, 2.75) is 0 Å². The predicted molar refractivity (Wildman–Crippen MR) is 81.2 cm³/mol. The second-order valence-electron chi connectivity index (χ2n) is 4.76. The Bertz CT molecular complexity index is 857. The van der Waals surface area contributed by atoms with Gasteiger partial charge in [0, 0.05) is 21.9 Å². The van der Waals surface area contributed by atoms with Crippen molar-refractivity contribution in [1.29, 1.82) is 0 Å². The monoisotopic (exact) mass is 243 g/mol. The van der Waals surface area contributed by atoms with Gasteiger partial charge in [0.25, 0.3) is 0 Å². The van der Waals surface area contributed by atoms with E-state index in [0.717, 1.165) is 0 Å². The van der Waals surface area contributed by atoms with Crippen LogP contribution in [0.3, 0.4) is 0 Å². The molecular formula is C18H13N. The van der Waals surface area contributed by atoms with Crippen LogP contribution in [0.5, 0.6) is 0 Å². The molecule has 0 aliphatic rings. The van der Waals surface area contributed by atoms with Crippen LogP contribution in [0.2, 0.25) is 0 Å². The van der Waals surface area contributed by atoms with Gasteiger partial charge in [-0.25, -0.2) is 0 Å².